The summed E-state index contributed by atoms with van der Waals surface area (Å²) in [7, 11) is 0. The third-order valence-corrected chi connectivity index (χ3v) is 17.9. The molecule has 2 N–H and O–H groups in total. The van der Waals surface area contributed by atoms with Crippen molar-refractivity contribution in [1.29, 1.82) is 0 Å². The van der Waals surface area contributed by atoms with Crippen molar-refractivity contribution >= 4 is 23.2 Å². The van der Waals surface area contributed by atoms with E-state index < -0.39 is 35.4 Å². The van der Waals surface area contributed by atoms with Gasteiger partial charge >= 0.3 is 0 Å². The molecule has 4 bridgehead atoms. The fraction of sp³-hybridized carbons (Fsp3) is 0.750. The molecule has 10 fully saturated rings. The maximum absolute atomic E-state index is 12.8. The average Bonchev–Trinajstić information content (AvgIpc) is 3.72. The van der Waals surface area contributed by atoms with E-state index in [0.717, 1.165) is 75.1 Å². The second kappa shape index (κ2) is 21.1. The van der Waals surface area contributed by atoms with Gasteiger partial charge in [-0.05, 0) is 156 Å². The Morgan fingerprint density at radius 3 is 1.68 bits per heavy atom. The number of hydrogen-bond donors (Lipinski definition) is 2. The van der Waals surface area contributed by atoms with Crippen LogP contribution in [-0.4, -0.2) is 66.0 Å². The normalized spacial score (nSPS) is 40.5. The third kappa shape index (κ3) is 10.3. The van der Waals surface area contributed by atoms with Crippen LogP contribution >= 0.6 is 0 Å². The monoisotopic (exact) mass is 959 g/mol. The number of rotatable bonds is 15. The highest BCUT2D eigenvalue weighted by Gasteiger charge is 2.70. The SMILES string of the molecule is CCCCCCOc1ccc(NC(=O)CC[C@H]2O[C@@H]3O[C@@]4(C)CC[C@H]5[C@H](C)CC[C@@H]([C@H]2C)[C@@]35OO4)cc1.CCc1cccc(NC(=O)CC[C@H]2O[C@@H]3O[C@@]4(C)CC[C@H]5[C@H](C)CC[C@@H]([C@H]2C)[C@@]35OO4)c1. The molecule has 382 valence electrons. The van der Waals surface area contributed by atoms with Crippen molar-refractivity contribution in [2.45, 2.75) is 212 Å². The molecule has 12 rings (SSSR count). The van der Waals surface area contributed by atoms with Crippen LogP contribution in [-0.2, 0) is 54.5 Å². The third-order valence-electron chi connectivity index (χ3n) is 17.9. The average molecular weight is 959 g/mol. The first-order valence-electron chi connectivity index (χ1n) is 27.0. The van der Waals surface area contributed by atoms with E-state index in [-0.39, 0.29) is 41.8 Å². The van der Waals surface area contributed by atoms with Gasteiger partial charge in [-0.25, -0.2) is 19.6 Å². The molecule has 10 aliphatic rings. The predicted octanol–water partition coefficient (Wildman–Crippen LogP) is 11.8. The molecule has 16 atom stereocenters. The van der Waals surface area contributed by atoms with Gasteiger partial charge in [-0.3, -0.25) is 9.59 Å². The van der Waals surface area contributed by atoms with Crippen LogP contribution in [0.2, 0.25) is 0 Å². The Balaban J connectivity index is 0.000000174. The van der Waals surface area contributed by atoms with Crippen LogP contribution < -0.4 is 15.4 Å². The van der Waals surface area contributed by atoms with Crippen molar-refractivity contribution in [3.8, 4) is 5.75 Å². The van der Waals surface area contributed by atoms with Crippen molar-refractivity contribution in [2.75, 3.05) is 17.2 Å². The van der Waals surface area contributed by atoms with Gasteiger partial charge in [0.1, 0.15) is 5.75 Å². The van der Waals surface area contributed by atoms with Gasteiger partial charge in [-0.15, -0.1) is 0 Å². The lowest BCUT2D eigenvalue weighted by molar-refractivity contribution is -0.571. The number of unbranched alkanes of at least 4 members (excludes halogenated alkanes) is 3. The van der Waals surface area contributed by atoms with E-state index in [1.807, 2.05) is 56.3 Å². The standard InChI is InChI=1S/C30H45NO6.C26H37NO5/c1-5-6-7-8-19-33-23-12-10-22(11-13-23)31-27(32)16-15-26-21(3)25-14-9-20(2)24-17-18-29(4)35-28(34-26)30(24,25)37-36-29;1-5-18-7-6-8-19(15-18)27-23(28)12-11-22-17(3)21-10-9-16(2)20-13-14-25(4)30-24(29-22)26(20,21)32-31-25/h10-13,20-21,24-26,28H,5-9,14-19H2,1-4H3,(H,31,32);6-8,15-17,20-22,24H,5,9-14H2,1-4H3,(H,27,28)/t20-,21-,24+,25+,26-,28-,29-,30-;16-,17-,20+,21+,22-,24-,25-,26-/m11/s1. The van der Waals surface area contributed by atoms with E-state index >= 15 is 0 Å². The molecule has 2 spiro atoms. The fourth-order valence-corrected chi connectivity index (χ4v) is 13.8. The molecule has 13 nitrogen and oxygen atoms in total. The number of nitrogens with one attached hydrogen (secondary N) is 2. The van der Waals surface area contributed by atoms with E-state index in [2.05, 4.69) is 58.2 Å². The molecule has 0 unspecified atom stereocenters. The topological polar surface area (TPSA) is 141 Å². The highest BCUT2D eigenvalue weighted by molar-refractivity contribution is 5.91. The Morgan fingerprint density at radius 1 is 0.623 bits per heavy atom. The van der Waals surface area contributed by atoms with Gasteiger partial charge in [0.2, 0.25) is 23.4 Å². The Morgan fingerprint density at radius 2 is 1.16 bits per heavy atom. The number of aryl methyl sites for hydroxylation is 1. The van der Waals surface area contributed by atoms with Gasteiger partial charge < -0.3 is 34.3 Å². The molecule has 0 aromatic heterocycles. The van der Waals surface area contributed by atoms with Crippen molar-refractivity contribution in [3.05, 3.63) is 54.1 Å². The van der Waals surface area contributed by atoms with E-state index in [1.165, 1.54) is 37.7 Å². The number of hydrogen-bond acceptors (Lipinski definition) is 11. The highest BCUT2D eigenvalue weighted by Crippen LogP contribution is 2.62. The van der Waals surface area contributed by atoms with Crippen molar-refractivity contribution in [1.82, 2.24) is 0 Å². The minimum Gasteiger partial charge on any atom is -0.494 e. The first-order valence-corrected chi connectivity index (χ1v) is 27.0. The zero-order valence-electron chi connectivity index (χ0n) is 42.8. The lowest BCUT2D eigenvalue weighted by Gasteiger charge is -2.60. The Hall–Kier alpha value is -3.14. The first kappa shape index (κ1) is 50.8. The largest absolute Gasteiger partial charge is 0.494 e. The summed E-state index contributed by atoms with van der Waals surface area (Å²) in [6.07, 6.45) is 15.0. The summed E-state index contributed by atoms with van der Waals surface area (Å²) in [5.74, 6) is 2.27. The number of anilines is 2. The van der Waals surface area contributed by atoms with Gasteiger partial charge in [0.25, 0.3) is 0 Å². The molecule has 0 radical (unpaired) electrons. The molecular formula is C56H82N2O11. The number of amides is 2. The summed E-state index contributed by atoms with van der Waals surface area (Å²) < 4.78 is 31.9. The van der Waals surface area contributed by atoms with E-state index in [1.54, 1.807) is 0 Å². The number of fused-ring (bicyclic) bond motifs is 4. The second-order valence-corrected chi connectivity index (χ2v) is 22.5. The number of ether oxygens (including phenoxy) is 5. The summed E-state index contributed by atoms with van der Waals surface area (Å²) in [4.78, 5) is 49.7. The molecular weight excluding hydrogens is 877 g/mol. The number of carbonyl (C=O) groups is 2. The van der Waals surface area contributed by atoms with Crippen LogP contribution in [0.5, 0.6) is 5.75 Å². The highest BCUT2D eigenvalue weighted by atomic mass is 17.3. The first-order chi connectivity index (χ1) is 33.2. The van der Waals surface area contributed by atoms with Gasteiger partial charge in [-0.2, -0.15) is 0 Å². The van der Waals surface area contributed by atoms with Crippen LogP contribution in [0.3, 0.4) is 0 Å². The van der Waals surface area contributed by atoms with Crippen molar-refractivity contribution in [2.24, 2.45) is 47.3 Å². The lowest BCUT2D eigenvalue weighted by Crippen LogP contribution is -2.70. The molecule has 69 heavy (non-hydrogen) atoms. The van der Waals surface area contributed by atoms with Crippen LogP contribution in [0.15, 0.2) is 48.5 Å². The second-order valence-electron chi connectivity index (χ2n) is 22.5. The van der Waals surface area contributed by atoms with Crippen LogP contribution in [0, 0.1) is 47.3 Å². The van der Waals surface area contributed by atoms with E-state index in [4.69, 9.17) is 43.2 Å². The fourth-order valence-electron chi connectivity index (χ4n) is 13.8. The molecule has 2 aromatic rings. The van der Waals surface area contributed by atoms with Crippen LogP contribution in [0.1, 0.15) is 164 Å². The lowest BCUT2D eigenvalue weighted by atomic mass is 9.57. The summed E-state index contributed by atoms with van der Waals surface area (Å²) in [5.41, 5.74) is 1.78. The summed E-state index contributed by atoms with van der Waals surface area (Å²) in [5, 5.41) is 6.08. The van der Waals surface area contributed by atoms with Gasteiger partial charge in [0.05, 0.1) is 18.8 Å². The van der Waals surface area contributed by atoms with E-state index in [9.17, 15) is 9.59 Å². The maximum atomic E-state index is 12.8. The van der Waals surface area contributed by atoms with E-state index in [0.29, 0.717) is 55.3 Å². The Bertz CT molecular complexity index is 2070. The van der Waals surface area contributed by atoms with Crippen molar-refractivity contribution < 1.29 is 52.8 Å². The minimum atomic E-state index is -0.772. The molecule has 2 amide bonds. The van der Waals surface area contributed by atoms with Crippen LogP contribution in [0.4, 0.5) is 11.4 Å². The van der Waals surface area contributed by atoms with Gasteiger partial charge in [-0.1, -0.05) is 72.9 Å². The molecule has 13 heteroatoms. The Labute approximate surface area is 411 Å². The zero-order chi connectivity index (χ0) is 48.6. The smallest absolute Gasteiger partial charge is 0.224 e. The van der Waals surface area contributed by atoms with Crippen LogP contribution in [0.25, 0.3) is 0 Å². The number of carbonyl (C=O) groups excluding carboxylic acids is 2. The molecule has 8 aliphatic heterocycles. The number of benzene rings is 2. The quantitative estimate of drug-likeness (QED) is 0.130. The predicted molar refractivity (Wildman–Crippen MR) is 261 cm³/mol. The summed E-state index contributed by atoms with van der Waals surface area (Å²) in [6, 6.07) is 15.7. The molecule has 2 aliphatic carbocycles. The van der Waals surface area contributed by atoms with Crippen molar-refractivity contribution in [3.63, 3.8) is 0 Å². The molecule has 8 saturated heterocycles. The zero-order valence-corrected chi connectivity index (χ0v) is 42.8. The minimum absolute atomic E-state index is 0.00526. The van der Waals surface area contributed by atoms with Gasteiger partial charge in [0, 0.05) is 48.9 Å². The molecule has 8 heterocycles. The molecule has 2 aromatic carbocycles. The summed E-state index contributed by atoms with van der Waals surface area (Å²) >= 11 is 0. The van der Waals surface area contributed by atoms with Gasteiger partial charge in [0.15, 0.2) is 23.8 Å². The molecule has 2 saturated carbocycles. The maximum Gasteiger partial charge on any atom is 0.224 e. The summed E-state index contributed by atoms with van der Waals surface area (Å²) in [6.45, 7) is 18.1. The Kier molecular flexibility index (Phi) is 15.6.